The third kappa shape index (κ3) is 1.86. The number of hydrogen-bond donors (Lipinski definition) is 1. The van der Waals surface area contributed by atoms with Crippen LogP contribution in [0.25, 0.3) is 0 Å². The summed E-state index contributed by atoms with van der Waals surface area (Å²) in [6.07, 6.45) is 1.09. The highest BCUT2D eigenvalue weighted by Crippen LogP contribution is 2.44. The van der Waals surface area contributed by atoms with E-state index in [0.717, 1.165) is 18.8 Å². The number of hydrogen-bond acceptors (Lipinski definition) is 2. The Morgan fingerprint density at radius 1 is 1.40 bits per heavy atom. The highest BCUT2D eigenvalue weighted by Gasteiger charge is 2.37. The summed E-state index contributed by atoms with van der Waals surface area (Å²) in [4.78, 5) is 0. The molecule has 0 aliphatic heterocycles. The molecule has 0 heterocycles. The fourth-order valence-electron chi connectivity index (χ4n) is 2.31. The van der Waals surface area contributed by atoms with Crippen molar-refractivity contribution in [1.29, 1.82) is 0 Å². The molecule has 1 aromatic carbocycles. The number of benzene rings is 1. The first kappa shape index (κ1) is 10.5. The van der Waals surface area contributed by atoms with Gasteiger partial charge < -0.3 is 10.5 Å². The van der Waals surface area contributed by atoms with Gasteiger partial charge in [-0.05, 0) is 36.8 Å². The molecule has 82 valence electrons. The molecule has 0 spiro atoms. The van der Waals surface area contributed by atoms with Crippen LogP contribution in [0.4, 0.5) is 0 Å². The molecule has 15 heavy (non-hydrogen) atoms. The first-order chi connectivity index (χ1) is 7.24. The molecule has 2 heteroatoms. The second-order valence-electron chi connectivity index (χ2n) is 4.34. The van der Waals surface area contributed by atoms with E-state index in [2.05, 4.69) is 25.1 Å². The highest BCUT2D eigenvalue weighted by atomic mass is 16.5. The van der Waals surface area contributed by atoms with Crippen molar-refractivity contribution in [1.82, 2.24) is 0 Å². The van der Waals surface area contributed by atoms with Crippen molar-refractivity contribution >= 4 is 0 Å². The van der Waals surface area contributed by atoms with E-state index in [-0.39, 0.29) is 0 Å². The molecule has 1 aliphatic carbocycles. The Labute approximate surface area is 91.4 Å². The summed E-state index contributed by atoms with van der Waals surface area (Å²) >= 11 is 0. The highest BCUT2D eigenvalue weighted by molar-refractivity contribution is 5.38. The van der Waals surface area contributed by atoms with Gasteiger partial charge in [0.15, 0.2) is 0 Å². The van der Waals surface area contributed by atoms with Crippen LogP contribution in [0.1, 0.15) is 31.7 Å². The van der Waals surface area contributed by atoms with Crippen LogP contribution in [0.15, 0.2) is 24.3 Å². The Bertz CT molecular complexity index is 337. The lowest BCUT2D eigenvalue weighted by Crippen LogP contribution is -2.44. The number of rotatable bonds is 3. The van der Waals surface area contributed by atoms with Crippen molar-refractivity contribution in [2.24, 2.45) is 11.7 Å². The number of nitrogens with two attached hydrogens (primary N) is 1. The van der Waals surface area contributed by atoms with Crippen molar-refractivity contribution < 1.29 is 4.74 Å². The van der Waals surface area contributed by atoms with Gasteiger partial charge in [0.2, 0.25) is 0 Å². The Hall–Kier alpha value is -1.02. The molecule has 2 N–H and O–H groups in total. The second-order valence-corrected chi connectivity index (χ2v) is 4.34. The third-order valence-corrected chi connectivity index (χ3v) is 3.45. The van der Waals surface area contributed by atoms with Crippen LogP contribution in [0.2, 0.25) is 0 Å². The smallest absolute Gasteiger partial charge is 0.122 e. The molecule has 2 rings (SSSR count). The Morgan fingerprint density at radius 3 is 2.73 bits per heavy atom. The lowest BCUT2D eigenvalue weighted by Gasteiger charge is -2.41. The minimum Gasteiger partial charge on any atom is -0.494 e. The van der Waals surface area contributed by atoms with Crippen LogP contribution >= 0.6 is 0 Å². The van der Waals surface area contributed by atoms with Crippen molar-refractivity contribution in [3.63, 3.8) is 0 Å². The molecular formula is C13H19NO. The van der Waals surface area contributed by atoms with E-state index in [4.69, 9.17) is 10.5 Å². The Morgan fingerprint density at radius 2 is 2.13 bits per heavy atom. The summed E-state index contributed by atoms with van der Waals surface area (Å²) in [6, 6.07) is 8.68. The van der Waals surface area contributed by atoms with E-state index in [9.17, 15) is 0 Å². The van der Waals surface area contributed by atoms with Gasteiger partial charge in [-0.25, -0.2) is 0 Å². The van der Waals surface area contributed by atoms with Crippen LogP contribution in [-0.4, -0.2) is 12.6 Å². The Kier molecular flexibility index (Phi) is 2.96. The number of para-hydroxylation sites is 1. The molecule has 0 saturated heterocycles. The largest absolute Gasteiger partial charge is 0.494 e. The van der Waals surface area contributed by atoms with Gasteiger partial charge in [0, 0.05) is 6.04 Å². The maximum atomic E-state index is 5.93. The fourth-order valence-corrected chi connectivity index (χ4v) is 2.31. The van der Waals surface area contributed by atoms with Gasteiger partial charge >= 0.3 is 0 Å². The van der Waals surface area contributed by atoms with Gasteiger partial charge in [-0.3, -0.25) is 0 Å². The van der Waals surface area contributed by atoms with E-state index < -0.39 is 0 Å². The second kappa shape index (κ2) is 4.23. The van der Waals surface area contributed by atoms with Crippen LogP contribution in [0.3, 0.4) is 0 Å². The molecular weight excluding hydrogens is 186 g/mol. The van der Waals surface area contributed by atoms with Crippen molar-refractivity contribution in [3.8, 4) is 5.75 Å². The molecule has 1 fully saturated rings. The van der Waals surface area contributed by atoms with Crippen LogP contribution in [0, 0.1) is 5.92 Å². The summed E-state index contributed by atoms with van der Waals surface area (Å²) in [7, 11) is 0. The van der Waals surface area contributed by atoms with Crippen molar-refractivity contribution in [2.75, 3.05) is 6.61 Å². The predicted molar refractivity (Wildman–Crippen MR) is 62.1 cm³/mol. The minimum absolute atomic E-state index is 0.365. The average molecular weight is 205 g/mol. The van der Waals surface area contributed by atoms with Gasteiger partial charge in [0.1, 0.15) is 5.75 Å². The average Bonchev–Trinajstić information content (AvgIpc) is 2.27. The van der Waals surface area contributed by atoms with E-state index in [0.29, 0.717) is 17.9 Å². The first-order valence-electron chi connectivity index (χ1n) is 5.71. The molecule has 1 aromatic rings. The zero-order chi connectivity index (χ0) is 10.8. The zero-order valence-electron chi connectivity index (χ0n) is 9.44. The molecule has 1 saturated carbocycles. The third-order valence-electron chi connectivity index (χ3n) is 3.45. The van der Waals surface area contributed by atoms with Crippen molar-refractivity contribution in [3.05, 3.63) is 29.8 Å². The maximum Gasteiger partial charge on any atom is 0.122 e. The molecule has 0 bridgehead atoms. The SMILES string of the molecule is CCOc1ccccc1C1CC(N)C1C. The van der Waals surface area contributed by atoms with Gasteiger partial charge in [0.05, 0.1) is 6.61 Å². The van der Waals surface area contributed by atoms with Gasteiger partial charge in [-0.15, -0.1) is 0 Å². The molecule has 1 aliphatic rings. The van der Waals surface area contributed by atoms with E-state index in [1.807, 2.05) is 13.0 Å². The molecule has 3 unspecified atom stereocenters. The summed E-state index contributed by atoms with van der Waals surface area (Å²) in [5.41, 5.74) is 7.26. The zero-order valence-corrected chi connectivity index (χ0v) is 9.44. The van der Waals surface area contributed by atoms with Crippen molar-refractivity contribution in [2.45, 2.75) is 32.2 Å². The van der Waals surface area contributed by atoms with E-state index in [1.165, 1.54) is 5.56 Å². The molecule has 0 amide bonds. The standard InChI is InChI=1S/C13H19NO/c1-3-15-13-7-5-4-6-10(13)11-8-12(14)9(11)2/h4-7,9,11-12H,3,8,14H2,1-2H3. The maximum absolute atomic E-state index is 5.93. The lowest BCUT2D eigenvalue weighted by molar-refractivity contribution is 0.219. The molecule has 0 radical (unpaired) electrons. The monoisotopic (exact) mass is 205 g/mol. The minimum atomic E-state index is 0.365. The predicted octanol–water partition coefficient (Wildman–Crippen LogP) is 2.54. The van der Waals surface area contributed by atoms with Gasteiger partial charge in [-0.1, -0.05) is 25.1 Å². The molecule has 3 atom stereocenters. The lowest BCUT2D eigenvalue weighted by atomic mass is 9.67. The fraction of sp³-hybridized carbons (Fsp3) is 0.538. The van der Waals surface area contributed by atoms with E-state index in [1.54, 1.807) is 0 Å². The first-order valence-corrected chi connectivity index (χ1v) is 5.71. The normalized spacial score (nSPS) is 29.7. The topological polar surface area (TPSA) is 35.2 Å². The van der Waals surface area contributed by atoms with Gasteiger partial charge in [-0.2, -0.15) is 0 Å². The van der Waals surface area contributed by atoms with Gasteiger partial charge in [0.25, 0.3) is 0 Å². The van der Waals surface area contributed by atoms with Crippen LogP contribution in [-0.2, 0) is 0 Å². The quantitative estimate of drug-likeness (QED) is 0.823. The Balaban J connectivity index is 2.20. The van der Waals surface area contributed by atoms with Crippen LogP contribution < -0.4 is 10.5 Å². The van der Waals surface area contributed by atoms with E-state index >= 15 is 0 Å². The number of ether oxygens (including phenoxy) is 1. The summed E-state index contributed by atoms with van der Waals surface area (Å²) in [6.45, 7) is 4.97. The summed E-state index contributed by atoms with van der Waals surface area (Å²) in [5, 5.41) is 0. The summed E-state index contributed by atoms with van der Waals surface area (Å²) < 4.78 is 5.64. The van der Waals surface area contributed by atoms with Crippen LogP contribution in [0.5, 0.6) is 5.75 Å². The molecule has 2 nitrogen and oxygen atoms in total. The molecule has 0 aromatic heterocycles. The summed E-state index contributed by atoms with van der Waals surface area (Å²) in [5.74, 6) is 2.19.